The van der Waals surface area contributed by atoms with Crippen molar-refractivity contribution in [2.45, 2.75) is 6.42 Å². The lowest BCUT2D eigenvalue weighted by molar-refractivity contribution is 0.0390. The zero-order valence-electron chi connectivity index (χ0n) is 15.5. The molecule has 0 atom stereocenters. The molecule has 4 aromatic rings. The van der Waals surface area contributed by atoms with E-state index in [0.29, 0.717) is 33.0 Å². The number of carbonyl (C=O) groups excluding carboxylic acids is 4. The lowest BCUT2D eigenvalue weighted by atomic mass is 9.83. The number of carbonyl (C=O) groups is 4. The monoisotopic (exact) mass is 392 g/mol. The van der Waals surface area contributed by atoms with E-state index in [1.54, 1.807) is 30.3 Å². The summed E-state index contributed by atoms with van der Waals surface area (Å²) in [7, 11) is 0. The first kappa shape index (κ1) is 16.8. The maximum atomic E-state index is 12.4. The summed E-state index contributed by atoms with van der Waals surface area (Å²) < 4.78 is 4.84. The third-order valence-corrected chi connectivity index (χ3v) is 5.92. The molecule has 0 aromatic heterocycles. The van der Waals surface area contributed by atoms with Gasteiger partial charge in [-0.2, -0.15) is 0 Å². The number of cyclic esters (lactones) is 2. The largest absolute Gasteiger partial charge is 0.386 e. The highest BCUT2D eigenvalue weighted by Gasteiger charge is 2.30. The van der Waals surface area contributed by atoms with E-state index in [1.165, 1.54) is 0 Å². The molecule has 5 nitrogen and oxygen atoms in total. The van der Waals surface area contributed by atoms with Gasteiger partial charge in [0.25, 0.3) is 0 Å². The van der Waals surface area contributed by atoms with E-state index in [9.17, 15) is 19.2 Å². The van der Waals surface area contributed by atoms with E-state index in [4.69, 9.17) is 4.74 Å². The van der Waals surface area contributed by atoms with Crippen LogP contribution in [0.25, 0.3) is 32.7 Å². The first-order valence-corrected chi connectivity index (χ1v) is 9.49. The van der Waals surface area contributed by atoms with Gasteiger partial charge >= 0.3 is 11.9 Å². The minimum Gasteiger partial charge on any atom is -0.386 e. The van der Waals surface area contributed by atoms with E-state index in [2.05, 4.69) is 0 Å². The van der Waals surface area contributed by atoms with Gasteiger partial charge in [0.15, 0.2) is 11.6 Å². The number of hydrogen-bond donors (Lipinski definition) is 0. The van der Waals surface area contributed by atoms with Crippen LogP contribution >= 0.6 is 0 Å². The maximum Gasteiger partial charge on any atom is 0.346 e. The predicted molar refractivity (Wildman–Crippen MR) is 110 cm³/mol. The van der Waals surface area contributed by atoms with Crippen molar-refractivity contribution >= 4 is 45.0 Å². The highest BCUT2D eigenvalue weighted by atomic mass is 16.6. The van der Waals surface area contributed by atoms with E-state index in [-0.39, 0.29) is 18.0 Å². The van der Waals surface area contributed by atoms with Crippen LogP contribution in [0.3, 0.4) is 0 Å². The average Bonchev–Trinajstić information content (AvgIpc) is 2.75. The summed E-state index contributed by atoms with van der Waals surface area (Å²) in [5, 5.41) is 2.75. The fraction of sp³-hybridized carbons (Fsp3) is 0.0400. The van der Waals surface area contributed by atoms with Crippen LogP contribution in [0.1, 0.15) is 47.9 Å². The predicted octanol–water partition coefficient (Wildman–Crippen LogP) is 4.74. The van der Waals surface area contributed by atoms with Gasteiger partial charge in [0.05, 0.1) is 17.5 Å². The van der Waals surface area contributed by atoms with Crippen molar-refractivity contribution < 1.29 is 23.9 Å². The third kappa shape index (κ3) is 2.06. The molecule has 0 fully saturated rings. The van der Waals surface area contributed by atoms with Gasteiger partial charge in [0, 0.05) is 21.9 Å². The molecule has 4 aromatic carbocycles. The van der Waals surface area contributed by atoms with Crippen molar-refractivity contribution in [2.75, 3.05) is 0 Å². The lowest BCUT2D eigenvalue weighted by Gasteiger charge is -2.20. The molecule has 0 spiro atoms. The molecule has 1 aliphatic heterocycles. The molecule has 0 radical (unpaired) electrons. The molecule has 0 saturated carbocycles. The van der Waals surface area contributed by atoms with Crippen LogP contribution in [0.15, 0.2) is 60.7 Å². The summed E-state index contributed by atoms with van der Waals surface area (Å²) >= 11 is 0. The lowest BCUT2D eigenvalue weighted by Crippen LogP contribution is -2.19. The number of esters is 2. The summed E-state index contributed by atoms with van der Waals surface area (Å²) in [5.74, 6) is -1.69. The zero-order valence-corrected chi connectivity index (χ0v) is 15.5. The van der Waals surface area contributed by atoms with Crippen molar-refractivity contribution in [3.8, 4) is 11.1 Å². The van der Waals surface area contributed by atoms with Gasteiger partial charge in [-0.3, -0.25) is 9.59 Å². The fourth-order valence-electron chi connectivity index (χ4n) is 4.62. The summed E-state index contributed by atoms with van der Waals surface area (Å²) in [4.78, 5) is 49.3. The van der Waals surface area contributed by atoms with Crippen LogP contribution in [0, 0.1) is 0 Å². The van der Waals surface area contributed by atoms with E-state index in [0.717, 1.165) is 21.9 Å². The number of ether oxygens (including phenoxy) is 1. The molecule has 0 N–H and O–H groups in total. The Labute approximate surface area is 169 Å². The SMILES string of the molecule is O=C1CC(=O)c2ccc(-c3ccc4c5c(cccc35)C(=O)OC4=O)c3cccc1c23. The zero-order chi connectivity index (χ0) is 20.6. The molecule has 2 aliphatic rings. The second-order valence-electron chi connectivity index (χ2n) is 7.48. The Balaban J connectivity index is 1.74. The summed E-state index contributed by atoms with van der Waals surface area (Å²) in [6.45, 7) is 0. The van der Waals surface area contributed by atoms with Crippen molar-refractivity contribution in [1.29, 1.82) is 0 Å². The van der Waals surface area contributed by atoms with Crippen LogP contribution in [-0.2, 0) is 4.74 Å². The summed E-state index contributed by atoms with van der Waals surface area (Å²) in [5.41, 5.74) is 3.42. The van der Waals surface area contributed by atoms with E-state index < -0.39 is 11.9 Å². The molecule has 0 amide bonds. The second kappa shape index (κ2) is 5.70. The first-order valence-electron chi connectivity index (χ1n) is 9.49. The number of rotatable bonds is 1. The molecule has 0 bridgehead atoms. The Kier molecular flexibility index (Phi) is 3.19. The average molecular weight is 392 g/mol. The third-order valence-electron chi connectivity index (χ3n) is 5.92. The van der Waals surface area contributed by atoms with Crippen molar-refractivity contribution in [1.82, 2.24) is 0 Å². The molecule has 142 valence electrons. The van der Waals surface area contributed by atoms with Crippen LogP contribution in [0.2, 0.25) is 0 Å². The summed E-state index contributed by atoms with van der Waals surface area (Å²) in [6, 6.07) is 17.8. The van der Waals surface area contributed by atoms with Gasteiger partial charge in [-0.1, -0.05) is 48.5 Å². The maximum absolute atomic E-state index is 12.4. The standard InChI is InChI=1S/C25H12O5/c26-20-11-21(27)17-9-7-12(14-3-1-5-16(20)22(14)17)13-8-10-19-23-15(13)4-2-6-18(23)24(28)30-25(19)29/h1-10H,11H2. The molecule has 0 saturated heterocycles. The van der Waals surface area contributed by atoms with Gasteiger partial charge in [-0.05, 0) is 34.0 Å². The number of Topliss-reactive ketones (excluding diaryl/α,β-unsaturated/α-hetero) is 2. The molecule has 5 heteroatoms. The second-order valence-corrected chi connectivity index (χ2v) is 7.48. The van der Waals surface area contributed by atoms with Crippen molar-refractivity contribution in [3.63, 3.8) is 0 Å². The number of benzene rings is 4. The van der Waals surface area contributed by atoms with Gasteiger partial charge in [0.2, 0.25) is 0 Å². The normalized spacial score (nSPS) is 15.1. The molecular formula is C25H12O5. The molecule has 1 heterocycles. The van der Waals surface area contributed by atoms with E-state index >= 15 is 0 Å². The Hall–Kier alpha value is -4.12. The first-order chi connectivity index (χ1) is 14.5. The molecule has 30 heavy (non-hydrogen) atoms. The fourth-order valence-corrected chi connectivity index (χ4v) is 4.62. The molecular weight excluding hydrogens is 380 g/mol. The molecule has 6 rings (SSSR count). The van der Waals surface area contributed by atoms with Crippen LogP contribution in [0.4, 0.5) is 0 Å². The minimum atomic E-state index is -0.664. The van der Waals surface area contributed by atoms with Gasteiger partial charge in [-0.25, -0.2) is 9.59 Å². The Morgan fingerprint density at radius 2 is 0.933 bits per heavy atom. The number of ketones is 2. The van der Waals surface area contributed by atoms with Crippen LogP contribution in [-0.4, -0.2) is 23.5 Å². The van der Waals surface area contributed by atoms with Gasteiger partial charge < -0.3 is 4.74 Å². The number of hydrogen-bond acceptors (Lipinski definition) is 5. The Morgan fingerprint density at radius 1 is 0.500 bits per heavy atom. The van der Waals surface area contributed by atoms with Crippen LogP contribution < -0.4 is 0 Å². The van der Waals surface area contributed by atoms with Crippen LogP contribution in [0.5, 0.6) is 0 Å². The quantitative estimate of drug-likeness (QED) is 0.345. The highest BCUT2D eigenvalue weighted by Crippen LogP contribution is 2.41. The van der Waals surface area contributed by atoms with Gasteiger partial charge in [-0.15, -0.1) is 0 Å². The summed E-state index contributed by atoms with van der Waals surface area (Å²) in [6.07, 6.45) is -0.114. The van der Waals surface area contributed by atoms with Crippen molar-refractivity contribution in [2.24, 2.45) is 0 Å². The molecule has 1 aliphatic carbocycles. The smallest absolute Gasteiger partial charge is 0.346 e. The minimum absolute atomic E-state index is 0.114. The Morgan fingerprint density at radius 3 is 1.57 bits per heavy atom. The van der Waals surface area contributed by atoms with Gasteiger partial charge in [0.1, 0.15) is 0 Å². The topological polar surface area (TPSA) is 77.5 Å². The van der Waals surface area contributed by atoms with Crippen molar-refractivity contribution in [3.05, 3.63) is 82.9 Å². The molecule has 0 unspecified atom stereocenters. The highest BCUT2D eigenvalue weighted by molar-refractivity contribution is 6.30. The Bertz CT molecular complexity index is 1350. The van der Waals surface area contributed by atoms with E-state index in [1.807, 2.05) is 30.3 Å².